The zero-order chi connectivity index (χ0) is 17.9. The maximum atomic E-state index is 6.94. The Hall–Kier alpha value is -2.10. The predicted octanol–water partition coefficient (Wildman–Crippen LogP) is 4.36. The van der Waals surface area contributed by atoms with Gasteiger partial charge in [0.15, 0.2) is 0 Å². The molecule has 1 spiro atoms. The van der Waals surface area contributed by atoms with Crippen LogP contribution in [0.5, 0.6) is 0 Å². The van der Waals surface area contributed by atoms with Crippen molar-refractivity contribution in [3.8, 4) is 0 Å². The Morgan fingerprint density at radius 3 is 2.38 bits per heavy atom. The minimum atomic E-state index is -0.398. The van der Waals surface area contributed by atoms with Gasteiger partial charge in [-0.3, -0.25) is 4.90 Å². The average Bonchev–Trinajstić information content (AvgIpc) is 3.18. The van der Waals surface area contributed by atoms with Gasteiger partial charge < -0.3 is 9.47 Å². The van der Waals surface area contributed by atoms with E-state index < -0.39 is 5.60 Å². The lowest BCUT2D eigenvalue weighted by Crippen LogP contribution is -2.41. The first kappa shape index (κ1) is 16.1. The Morgan fingerprint density at radius 2 is 1.69 bits per heavy atom. The zero-order valence-corrected chi connectivity index (χ0v) is 15.6. The summed E-state index contributed by atoms with van der Waals surface area (Å²) in [6.07, 6.45) is 4.19. The highest BCUT2D eigenvalue weighted by atomic mass is 16.6. The number of ether oxygens (including phenoxy) is 2. The lowest BCUT2D eigenvalue weighted by molar-refractivity contribution is -0.146. The summed E-state index contributed by atoms with van der Waals surface area (Å²) in [6, 6.07) is 19.6. The summed E-state index contributed by atoms with van der Waals surface area (Å²) in [4.78, 5) is 2.25. The van der Waals surface area contributed by atoms with Crippen LogP contribution in [0, 0.1) is 5.92 Å². The molecule has 2 heterocycles. The van der Waals surface area contributed by atoms with Crippen LogP contribution in [0.2, 0.25) is 0 Å². The molecule has 0 radical (unpaired) electrons. The van der Waals surface area contributed by atoms with Gasteiger partial charge in [0.1, 0.15) is 11.3 Å². The largest absolute Gasteiger partial charge is 0.501 e. The van der Waals surface area contributed by atoms with Gasteiger partial charge in [0.25, 0.3) is 0 Å². The van der Waals surface area contributed by atoms with Crippen LogP contribution in [0.15, 0.2) is 66.4 Å². The highest BCUT2D eigenvalue weighted by molar-refractivity contribution is 5.50. The molecular formula is C23H25NO2. The van der Waals surface area contributed by atoms with Crippen molar-refractivity contribution in [2.45, 2.75) is 30.1 Å². The van der Waals surface area contributed by atoms with Gasteiger partial charge in [-0.15, -0.1) is 0 Å². The van der Waals surface area contributed by atoms with Crippen molar-refractivity contribution in [2.75, 3.05) is 21.2 Å². The molecule has 0 aromatic heterocycles. The van der Waals surface area contributed by atoms with Gasteiger partial charge in [0.2, 0.25) is 0 Å². The van der Waals surface area contributed by atoms with Crippen LogP contribution >= 0.6 is 0 Å². The van der Waals surface area contributed by atoms with Gasteiger partial charge in [-0.1, -0.05) is 54.6 Å². The van der Waals surface area contributed by atoms with Gasteiger partial charge in [0.05, 0.1) is 12.9 Å². The van der Waals surface area contributed by atoms with Crippen LogP contribution in [0.4, 0.5) is 0 Å². The van der Waals surface area contributed by atoms with Gasteiger partial charge >= 0.3 is 0 Å². The van der Waals surface area contributed by atoms with E-state index in [0.717, 1.165) is 18.6 Å². The van der Waals surface area contributed by atoms with Crippen LogP contribution in [0.3, 0.4) is 0 Å². The number of rotatable bonds is 3. The van der Waals surface area contributed by atoms with E-state index in [1.54, 1.807) is 7.11 Å². The second-order valence-corrected chi connectivity index (χ2v) is 7.97. The predicted molar refractivity (Wildman–Crippen MR) is 102 cm³/mol. The van der Waals surface area contributed by atoms with Crippen molar-refractivity contribution < 1.29 is 9.47 Å². The molecule has 0 amide bonds. The second kappa shape index (κ2) is 5.45. The fourth-order valence-corrected chi connectivity index (χ4v) is 5.45. The van der Waals surface area contributed by atoms with Crippen molar-refractivity contribution in [2.24, 2.45) is 5.92 Å². The Labute approximate surface area is 155 Å². The summed E-state index contributed by atoms with van der Waals surface area (Å²) in [5, 5.41) is 0. The average molecular weight is 347 g/mol. The monoisotopic (exact) mass is 347 g/mol. The molecule has 5 rings (SSSR count). The molecule has 0 N–H and O–H groups in total. The highest BCUT2D eigenvalue weighted by Crippen LogP contribution is 2.67. The first-order valence-corrected chi connectivity index (χ1v) is 9.39. The maximum Gasteiger partial charge on any atom is 0.149 e. The standard InChI is InChI=1S/C23H25NO2/c1-24(2)23-15-21-18(16-9-5-4-6-10-16)13-17(25-3)14-22(21,26-23)19-11-7-8-12-20(19)23/h4-12,14,18,21H,13,15H2,1-3H3/t18-,21-,22-,23-/m1/s1. The van der Waals surface area contributed by atoms with Crippen LogP contribution < -0.4 is 0 Å². The normalized spacial score (nSPS) is 34.4. The smallest absolute Gasteiger partial charge is 0.149 e. The SMILES string of the molecule is COC1=C[C@]23O[C@](N(C)C)(C[C@@H]2[C@@H](c2ccccc2)C1)c1ccccc13. The number of benzene rings is 2. The molecule has 2 aromatic carbocycles. The van der Waals surface area contributed by atoms with Crippen LogP contribution in [0.25, 0.3) is 0 Å². The maximum absolute atomic E-state index is 6.94. The topological polar surface area (TPSA) is 21.7 Å². The summed E-state index contributed by atoms with van der Waals surface area (Å²) in [5.41, 5.74) is 3.24. The van der Waals surface area contributed by atoms with Crippen LogP contribution in [-0.4, -0.2) is 26.1 Å². The van der Waals surface area contributed by atoms with Crippen molar-refractivity contribution in [3.05, 3.63) is 83.1 Å². The summed E-state index contributed by atoms with van der Waals surface area (Å²) in [6.45, 7) is 0. The Kier molecular flexibility index (Phi) is 3.37. The Balaban J connectivity index is 1.73. The summed E-state index contributed by atoms with van der Waals surface area (Å²) in [5.74, 6) is 1.83. The van der Waals surface area contributed by atoms with E-state index in [9.17, 15) is 0 Å². The summed E-state index contributed by atoms with van der Waals surface area (Å²) < 4.78 is 12.7. The van der Waals surface area contributed by atoms with E-state index >= 15 is 0 Å². The first-order chi connectivity index (χ1) is 12.6. The molecule has 0 unspecified atom stereocenters. The number of fused-ring (bicyclic) bond motifs is 3. The molecule has 1 saturated heterocycles. The molecule has 0 saturated carbocycles. The van der Waals surface area contributed by atoms with E-state index in [1.165, 1.54) is 16.7 Å². The van der Waals surface area contributed by atoms with Crippen molar-refractivity contribution >= 4 is 0 Å². The van der Waals surface area contributed by atoms with Crippen molar-refractivity contribution in [1.82, 2.24) is 4.90 Å². The van der Waals surface area contributed by atoms with Crippen LogP contribution in [0.1, 0.15) is 35.4 Å². The van der Waals surface area contributed by atoms with E-state index in [2.05, 4.69) is 79.7 Å². The number of hydrogen-bond acceptors (Lipinski definition) is 3. The van der Waals surface area contributed by atoms with Crippen LogP contribution in [-0.2, 0) is 20.8 Å². The molecule has 134 valence electrons. The fourth-order valence-electron chi connectivity index (χ4n) is 5.45. The third kappa shape index (κ3) is 1.90. The van der Waals surface area contributed by atoms with Gasteiger partial charge in [-0.2, -0.15) is 0 Å². The van der Waals surface area contributed by atoms with Gasteiger partial charge in [0, 0.05) is 24.3 Å². The van der Waals surface area contributed by atoms with E-state index in [4.69, 9.17) is 9.47 Å². The minimum Gasteiger partial charge on any atom is -0.501 e. The van der Waals surface area contributed by atoms with E-state index in [0.29, 0.717) is 11.8 Å². The third-order valence-electron chi connectivity index (χ3n) is 6.65. The molecular weight excluding hydrogens is 322 g/mol. The molecule has 1 fully saturated rings. The molecule has 3 nitrogen and oxygen atoms in total. The lowest BCUT2D eigenvalue weighted by atomic mass is 9.62. The highest BCUT2D eigenvalue weighted by Gasteiger charge is 2.67. The first-order valence-electron chi connectivity index (χ1n) is 9.39. The van der Waals surface area contributed by atoms with E-state index in [1.807, 2.05) is 0 Å². The quantitative estimate of drug-likeness (QED) is 0.823. The molecule has 26 heavy (non-hydrogen) atoms. The second-order valence-electron chi connectivity index (χ2n) is 7.97. The lowest BCUT2D eigenvalue weighted by Gasteiger charge is -2.42. The molecule has 3 aliphatic rings. The van der Waals surface area contributed by atoms with Crippen molar-refractivity contribution in [3.63, 3.8) is 0 Å². The molecule has 2 aliphatic heterocycles. The fraction of sp³-hybridized carbons (Fsp3) is 0.391. The number of nitrogens with zero attached hydrogens (tertiary/aromatic N) is 1. The molecule has 2 aromatic rings. The number of methoxy groups -OCH3 is 1. The number of hydrogen-bond donors (Lipinski definition) is 0. The summed E-state index contributed by atoms with van der Waals surface area (Å²) >= 11 is 0. The minimum absolute atomic E-state index is 0.353. The van der Waals surface area contributed by atoms with Gasteiger partial charge in [-0.25, -0.2) is 0 Å². The Bertz CT molecular complexity index is 875. The number of allylic oxidation sites excluding steroid dienone is 1. The third-order valence-corrected chi connectivity index (χ3v) is 6.65. The molecule has 3 heteroatoms. The summed E-state index contributed by atoms with van der Waals surface area (Å²) in [7, 11) is 6.04. The molecule has 4 atom stereocenters. The molecule has 1 aliphatic carbocycles. The zero-order valence-electron chi connectivity index (χ0n) is 15.6. The van der Waals surface area contributed by atoms with Crippen molar-refractivity contribution in [1.29, 1.82) is 0 Å². The molecule has 2 bridgehead atoms. The van der Waals surface area contributed by atoms with Gasteiger partial charge in [-0.05, 0) is 37.2 Å². The van der Waals surface area contributed by atoms with E-state index in [-0.39, 0.29) is 5.72 Å². The Morgan fingerprint density at radius 1 is 1.00 bits per heavy atom.